The van der Waals surface area contributed by atoms with E-state index in [9.17, 15) is 28.3 Å². The lowest BCUT2D eigenvalue weighted by Crippen LogP contribution is -2.55. The van der Waals surface area contributed by atoms with E-state index < -0.39 is 30.1 Å². The number of aliphatic hydroxyl groups excluding tert-OH is 1. The van der Waals surface area contributed by atoms with Gasteiger partial charge in [-0.1, -0.05) is 13.8 Å². The highest BCUT2D eigenvalue weighted by Gasteiger charge is 2.45. The van der Waals surface area contributed by atoms with Gasteiger partial charge in [-0.3, -0.25) is 9.78 Å². The van der Waals surface area contributed by atoms with Crippen molar-refractivity contribution in [2.45, 2.75) is 38.6 Å². The fourth-order valence-electron chi connectivity index (χ4n) is 3.75. The highest BCUT2D eigenvalue weighted by Crippen LogP contribution is 2.37. The van der Waals surface area contributed by atoms with Crippen LogP contribution in [0, 0.1) is 23.2 Å². The molecule has 1 aliphatic rings. The molecule has 0 radical (unpaired) electrons. The Morgan fingerprint density at radius 3 is 2.70 bits per heavy atom. The lowest BCUT2D eigenvalue weighted by atomic mass is 9.92. The first-order valence-corrected chi connectivity index (χ1v) is 9.69. The summed E-state index contributed by atoms with van der Waals surface area (Å²) in [6.45, 7) is 3.20. The fourth-order valence-corrected chi connectivity index (χ4v) is 3.75. The first kappa shape index (κ1) is 21.8. The Kier molecular flexibility index (Phi) is 6.17. The second-order valence-electron chi connectivity index (χ2n) is 7.92. The number of alkyl halides is 3. The summed E-state index contributed by atoms with van der Waals surface area (Å²) >= 11 is 0. The van der Waals surface area contributed by atoms with Crippen LogP contribution in [0.25, 0.3) is 10.9 Å². The summed E-state index contributed by atoms with van der Waals surface area (Å²) < 4.78 is 40.8. The number of carbonyl (C=O) groups is 1. The minimum atomic E-state index is -4.43. The van der Waals surface area contributed by atoms with Crippen LogP contribution in [0.5, 0.6) is 0 Å². The van der Waals surface area contributed by atoms with Crippen molar-refractivity contribution in [3.05, 3.63) is 36.0 Å². The van der Waals surface area contributed by atoms with Crippen LogP contribution in [-0.2, 0) is 4.79 Å². The number of nitrogens with one attached hydrogen (secondary N) is 1. The summed E-state index contributed by atoms with van der Waals surface area (Å²) in [5, 5.41) is 22.4. The van der Waals surface area contributed by atoms with Gasteiger partial charge in [0.25, 0.3) is 0 Å². The van der Waals surface area contributed by atoms with Crippen LogP contribution in [0.1, 0.15) is 25.8 Å². The summed E-state index contributed by atoms with van der Waals surface area (Å²) in [5.41, 5.74) is 1.28. The molecule has 6 nitrogen and oxygen atoms in total. The molecule has 1 aliphatic heterocycles. The van der Waals surface area contributed by atoms with E-state index in [4.69, 9.17) is 0 Å². The zero-order valence-corrected chi connectivity index (χ0v) is 16.6. The highest BCUT2D eigenvalue weighted by molar-refractivity contribution is 5.95. The molecule has 0 spiro atoms. The van der Waals surface area contributed by atoms with E-state index in [1.54, 1.807) is 36.9 Å². The summed E-state index contributed by atoms with van der Waals surface area (Å²) in [6, 6.07) is 7.79. The zero-order valence-electron chi connectivity index (χ0n) is 16.6. The number of carbonyl (C=O) groups excluding carboxylic acids is 1. The Morgan fingerprint density at radius 2 is 2.07 bits per heavy atom. The quantitative estimate of drug-likeness (QED) is 0.794. The molecule has 30 heavy (non-hydrogen) atoms. The average Bonchev–Trinajstić information content (AvgIpc) is 2.71. The number of piperidine rings is 1. The molecule has 1 saturated heterocycles. The number of hydrogen-bond acceptors (Lipinski definition) is 5. The van der Waals surface area contributed by atoms with Gasteiger partial charge in [-0.15, -0.1) is 0 Å². The van der Waals surface area contributed by atoms with Gasteiger partial charge < -0.3 is 15.3 Å². The van der Waals surface area contributed by atoms with Crippen molar-refractivity contribution < 1.29 is 23.1 Å². The van der Waals surface area contributed by atoms with Crippen molar-refractivity contribution in [3.8, 4) is 6.07 Å². The number of hydrogen-bond donors (Lipinski definition) is 2. The Labute approximate surface area is 172 Å². The zero-order chi connectivity index (χ0) is 22.1. The van der Waals surface area contributed by atoms with Crippen molar-refractivity contribution in [1.82, 2.24) is 10.3 Å². The van der Waals surface area contributed by atoms with Crippen molar-refractivity contribution >= 4 is 22.5 Å². The number of benzene rings is 1. The van der Waals surface area contributed by atoms with Crippen LogP contribution in [0.15, 0.2) is 30.5 Å². The Morgan fingerprint density at radius 1 is 1.33 bits per heavy atom. The summed E-state index contributed by atoms with van der Waals surface area (Å²) in [4.78, 5) is 18.0. The monoisotopic (exact) mass is 420 g/mol. The topological polar surface area (TPSA) is 89.2 Å². The van der Waals surface area contributed by atoms with Crippen molar-refractivity contribution in [3.63, 3.8) is 0 Å². The molecule has 2 N–H and O–H groups in total. The first-order chi connectivity index (χ1) is 14.1. The number of fused-ring (bicyclic) bond motifs is 1. The van der Waals surface area contributed by atoms with E-state index in [2.05, 4.69) is 10.3 Å². The second-order valence-corrected chi connectivity index (χ2v) is 7.92. The number of amides is 1. The van der Waals surface area contributed by atoms with E-state index in [-0.39, 0.29) is 25.4 Å². The molecule has 1 fully saturated rings. The number of rotatable bonds is 4. The lowest BCUT2D eigenvalue weighted by Gasteiger charge is -2.40. The van der Waals surface area contributed by atoms with Crippen molar-refractivity contribution in [1.29, 1.82) is 5.26 Å². The molecule has 2 aromatic rings. The van der Waals surface area contributed by atoms with Gasteiger partial charge in [-0.05, 0) is 36.6 Å². The molecule has 9 heteroatoms. The molecule has 160 valence electrons. The molecular formula is C21H23F3N4O2. The number of aliphatic hydroxyl groups is 1. The Balaban J connectivity index is 1.95. The standard InChI is InChI=1S/C21H23F3N4O2/c1-12(2)19(29)20(30)27-15-8-14(21(22,23)24)10-28(11-15)17-6-5-13(9-25)18-16(17)4-3-7-26-18/h3-7,12,14-15,19,29H,8,10-11H2,1-2H3,(H,27,30)/t14-,15+,19-/m0/s1. The van der Waals surface area contributed by atoms with E-state index >= 15 is 0 Å². The molecule has 3 atom stereocenters. The number of halogens is 3. The molecule has 1 amide bonds. The largest absolute Gasteiger partial charge is 0.393 e. The molecule has 0 bridgehead atoms. The maximum absolute atomic E-state index is 13.6. The minimum absolute atomic E-state index is 0.152. The number of anilines is 1. The summed E-state index contributed by atoms with van der Waals surface area (Å²) in [5.74, 6) is -2.67. The smallest absolute Gasteiger partial charge is 0.383 e. The third-order valence-electron chi connectivity index (χ3n) is 5.37. The second kappa shape index (κ2) is 8.48. The number of nitrogens with zero attached hydrogens (tertiary/aromatic N) is 3. The number of pyridine rings is 1. The molecular weight excluding hydrogens is 397 g/mol. The Bertz CT molecular complexity index is 971. The van der Waals surface area contributed by atoms with Crippen LogP contribution in [-0.4, -0.2) is 47.4 Å². The normalized spacial score (nSPS) is 20.8. The summed E-state index contributed by atoms with van der Waals surface area (Å²) in [7, 11) is 0. The van der Waals surface area contributed by atoms with Gasteiger partial charge >= 0.3 is 6.18 Å². The van der Waals surface area contributed by atoms with Crippen molar-refractivity contribution in [2.24, 2.45) is 11.8 Å². The van der Waals surface area contributed by atoms with Gasteiger partial charge in [-0.25, -0.2) is 0 Å². The SMILES string of the molecule is CC(C)[C@H](O)C(=O)N[C@@H]1C[C@H](C(F)(F)F)CN(c2ccc(C#N)c3ncccc23)C1. The number of aromatic nitrogens is 1. The van der Waals surface area contributed by atoms with Gasteiger partial charge in [0.1, 0.15) is 12.2 Å². The maximum Gasteiger partial charge on any atom is 0.393 e. The molecule has 0 aliphatic carbocycles. The first-order valence-electron chi connectivity index (χ1n) is 9.69. The third kappa shape index (κ3) is 4.49. The van der Waals surface area contributed by atoms with E-state index in [0.29, 0.717) is 22.2 Å². The van der Waals surface area contributed by atoms with Crippen LogP contribution < -0.4 is 10.2 Å². The summed E-state index contributed by atoms with van der Waals surface area (Å²) in [6.07, 6.45) is -4.45. The van der Waals surface area contributed by atoms with Crippen LogP contribution >= 0.6 is 0 Å². The Hall–Kier alpha value is -2.86. The molecule has 1 aromatic heterocycles. The molecule has 0 saturated carbocycles. The van der Waals surface area contributed by atoms with Crippen LogP contribution in [0.3, 0.4) is 0 Å². The van der Waals surface area contributed by atoms with Gasteiger partial charge in [0, 0.05) is 36.4 Å². The fraction of sp³-hybridized carbons (Fsp3) is 0.476. The molecule has 0 unspecified atom stereocenters. The van der Waals surface area contributed by atoms with Crippen molar-refractivity contribution in [2.75, 3.05) is 18.0 Å². The lowest BCUT2D eigenvalue weighted by molar-refractivity contribution is -0.178. The molecule has 1 aromatic carbocycles. The highest BCUT2D eigenvalue weighted by atomic mass is 19.4. The molecule has 2 heterocycles. The third-order valence-corrected chi connectivity index (χ3v) is 5.37. The minimum Gasteiger partial charge on any atom is -0.383 e. The predicted molar refractivity (Wildman–Crippen MR) is 106 cm³/mol. The predicted octanol–water partition coefficient (Wildman–Crippen LogP) is 3.00. The van der Waals surface area contributed by atoms with E-state index in [1.165, 1.54) is 12.3 Å². The maximum atomic E-state index is 13.6. The van der Waals surface area contributed by atoms with Crippen LogP contribution in [0.2, 0.25) is 0 Å². The van der Waals surface area contributed by atoms with E-state index in [1.807, 2.05) is 6.07 Å². The van der Waals surface area contributed by atoms with Gasteiger partial charge in [0.15, 0.2) is 0 Å². The average molecular weight is 420 g/mol. The van der Waals surface area contributed by atoms with Gasteiger partial charge in [-0.2, -0.15) is 18.4 Å². The van der Waals surface area contributed by atoms with E-state index in [0.717, 1.165) is 0 Å². The van der Waals surface area contributed by atoms with Gasteiger partial charge in [0.2, 0.25) is 5.91 Å². The van der Waals surface area contributed by atoms with Gasteiger partial charge in [0.05, 0.1) is 17.0 Å². The van der Waals surface area contributed by atoms with Crippen LogP contribution in [0.4, 0.5) is 18.9 Å². The molecule has 3 rings (SSSR count). The number of nitriles is 1.